The average Bonchev–Trinajstić information content (AvgIpc) is 2.96. The molecule has 0 spiro atoms. The Bertz CT molecular complexity index is 641. The number of rotatable bonds is 4. The lowest BCUT2D eigenvalue weighted by atomic mass is 9.96. The number of halogens is 1. The minimum atomic E-state index is -0.246. The lowest BCUT2D eigenvalue weighted by Crippen LogP contribution is -2.35. The van der Waals surface area contributed by atoms with Crippen LogP contribution in [0.5, 0.6) is 5.75 Å². The number of aromatic nitrogens is 2. The summed E-state index contributed by atoms with van der Waals surface area (Å²) in [4.78, 5) is 6.77. The number of likely N-dealkylation sites (tertiary alicyclic amines) is 1. The molecule has 1 fully saturated rings. The van der Waals surface area contributed by atoms with Crippen LogP contribution in [-0.4, -0.2) is 34.7 Å². The number of imidazole rings is 1. The van der Waals surface area contributed by atoms with Crippen molar-refractivity contribution in [3.63, 3.8) is 0 Å². The van der Waals surface area contributed by atoms with Gasteiger partial charge in [0.25, 0.3) is 0 Å². The fourth-order valence-corrected chi connectivity index (χ4v) is 3.26. The second-order valence-corrected chi connectivity index (χ2v) is 5.90. The molecular formula is C17H22FN3O. The maximum absolute atomic E-state index is 14.3. The molecule has 2 heterocycles. The molecule has 0 radical (unpaired) electrons. The van der Waals surface area contributed by atoms with Crippen LogP contribution in [0.1, 0.15) is 30.1 Å². The Hall–Kier alpha value is -1.88. The molecule has 1 saturated heterocycles. The standard InChI is InChI=1S/C17H22FN3O/c1-20-10-8-19-17(20)14-6-4-9-21(12-14)11-13-5-3-7-15(22-2)16(13)18/h3,5,7-8,10,14H,4,6,9,11-12H2,1-2H3. The van der Waals surface area contributed by atoms with E-state index in [1.165, 1.54) is 7.11 Å². The first kappa shape index (κ1) is 15.0. The molecule has 1 aliphatic rings. The van der Waals surface area contributed by atoms with Crippen molar-refractivity contribution in [1.82, 2.24) is 14.5 Å². The Balaban J connectivity index is 1.72. The monoisotopic (exact) mass is 303 g/mol. The largest absolute Gasteiger partial charge is 0.494 e. The Morgan fingerprint density at radius 1 is 1.41 bits per heavy atom. The number of hydrogen-bond donors (Lipinski definition) is 0. The summed E-state index contributed by atoms with van der Waals surface area (Å²) in [6.45, 7) is 2.53. The van der Waals surface area contributed by atoms with E-state index in [9.17, 15) is 4.39 Å². The highest BCUT2D eigenvalue weighted by atomic mass is 19.1. The molecule has 118 valence electrons. The van der Waals surface area contributed by atoms with Crippen LogP contribution in [0.25, 0.3) is 0 Å². The van der Waals surface area contributed by atoms with Gasteiger partial charge in [-0.25, -0.2) is 9.37 Å². The van der Waals surface area contributed by atoms with Crippen LogP contribution in [0, 0.1) is 5.82 Å². The van der Waals surface area contributed by atoms with Gasteiger partial charge < -0.3 is 9.30 Å². The minimum absolute atomic E-state index is 0.246. The predicted molar refractivity (Wildman–Crippen MR) is 83.4 cm³/mol. The topological polar surface area (TPSA) is 30.3 Å². The number of piperidine rings is 1. The van der Waals surface area contributed by atoms with Gasteiger partial charge >= 0.3 is 0 Å². The number of hydrogen-bond acceptors (Lipinski definition) is 3. The average molecular weight is 303 g/mol. The third kappa shape index (κ3) is 2.99. The summed E-state index contributed by atoms with van der Waals surface area (Å²) in [6.07, 6.45) is 6.08. The van der Waals surface area contributed by atoms with E-state index >= 15 is 0 Å². The van der Waals surface area contributed by atoms with Gasteiger partial charge in [0.1, 0.15) is 5.82 Å². The van der Waals surface area contributed by atoms with E-state index in [1.54, 1.807) is 6.07 Å². The highest BCUT2D eigenvalue weighted by molar-refractivity contribution is 5.31. The smallest absolute Gasteiger partial charge is 0.169 e. The fourth-order valence-electron chi connectivity index (χ4n) is 3.26. The molecule has 0 aliphatic carbocycles. The van der Waals surface area contributed by atoms with Gasteiger partial charge in [0.2, 0.25) is 0 Å². The maximum Gasteiger partial charge on any atom is 0.169 e. The van der Waals surface area contributed by atoms with E-state index in [2.05, 4.69) is 14.5 Å². The SMILES string of the molecule is COc1cccc(CN2CCCC(c3nccn3C)C2)c1F. The fraction of sp³-hybridized carbons (Fsp3) is 0.471. The number of aryl methyl sites for hydroxylation is 1. The molecule has 0 saturated carbocycles. The van der Waals surface area contributed by atoms with Gasteiger partial charge in [0, 0.05) is 44.0 Å². The van der Waals surface area contributed by atoms with Gasteiger partial charge in [-0.1, -0.05) is 12.1 Å². The molecule has 0 N–H and O–H groups in total. The van der Waals surface area contributed by atoms with Crippen molar-refractivity contribution in [3.05, 3.63) is 47.8 Å². The normalized spacial score (nSPS) is 19.3. The Labute approximate surface area is 130 Å². The lowest BCUT2D eigenvalue weighted by Gasteiger charge is -2.32. The van der Waals surface area contributed by atoms with Gasteiger partial charge in [-0.2, -0.15) is 0 Å². The van der Waals surface area contributed by atoms with Crippen molar-refractivity contribution in [3.8, 4) is 5.75 Å². The lowest BCUT2D eigenvalue weighted by molar-refractivity contribution is 0.192. The van der Waals surface area contributed by atoms with Crippen LogP contribution < -0.4 is 4.74 Å². The van der Waals surface area contributed by atoms with E-state index in [-0.39, 0.29) is 5.82 Å². The number of methoxy groups -OCH3 is 1. The van der Waals surface area contributed by atoms with Crippen molar-refractivity contribution in [2.24, 2.45) is 7.05 Å². The first-order chi connectivity index (χ1) is 10.7. The van der Waals surface area contributed by atoms with Crippen molar-refractivity contribution in [1.29, 1.82) is 0 Å². The molecule has 1 aliphatic heterocycles. The summed E-state index contributed by atoms with van der Waals surface area (Å²) in [5, 5.41) is 0. The van der Waals surface area contributed by atoms with Gasteiger partial charge in [0.05, 0.1) is 7.11 Å². The van der Waals surface area contributed by atoms with Crippen LogP contribution in [0.15, 0.2) is 30.6 Å². The molecular weight excluding hydrogens is 281 g/mol. The molecule has 1 unspecified atom stereocenters. The molecule has 5 heteroatoms. The maximum atomic E-state index is 14.3. The number of nitrogens with zero attached hydrogens (tertiary/aromatic N) is 3. The second kappa shape index (κ2) is 6.48. The molecule has 2 aromatic rings. The summed E-state index contributed by atoms with van der Waals surface area (Å²) in [5.74, 6) is 1.61. The molecule has 22 heavy (non-hydrogen) atoms. The zero-order valence-corrected chi connectivity index (χ0v) is 13.1. The van der Waals surface area contributed by atoms with Crippen LogP contribution >= 0.6 is 0 Å². The summed E-state index contributed by atoms with van der Waals surface area (Å²) in [5.41, 5.74) is 0.694. The van der Waals surface area contributed by atoms with Crippen molar-refractivity contribution in [2.75, 3.05) is 20.2 Å². The van der Waals surface area contributed by atoms with E-state index in [4.69, 9.17) is 4.74 Å². The van der Waals surface area contributed by atoms with E-state index in [1.807, 2.05) is 31.6 Å². The molecule has 4 nitrogen and oxygen atoms in total. The van der Waals surface area contributed by atoms with Gasteiger partial charge in [0.15, 0.2) is 11.6 Å². The summed E-state index contributed by atoms with van der Waals surface area (Å²) in [6, 6.07) is 5.34. The second-order valence-electron chi connectivity index (χ2n) is 5.90. The van der Waals surface area contributed by atoms with Crippen LogP contribution in [0.2, 0.25) is 0 Å². The van der Waals surface area contributed by atoms with E-state index in [0.717, 1.165) is 31.8 Å². The molecule has 1 aromatic carbocycles. The summed E-state index contributed by atoms with van der Waals surface area (Å²) < 4.78 is 21.4. The molecule has 1 atom stereocenters. The number of ether oxygens (including phenoxy) is 1. The summed E-state index contributed by atoms with van der Waals surface area (Å²) >= 11 is 0. The van der Waals surface area contributed by atoms with Crippen LogP contribution in [-0.2, 0) is 13.6 Å². The minimum Gasteiger partial charge on any atom is -0.494 e. The first-order valence-electron chi connectivity index (χ1n) is 7.70. The van der Waals surface area contributed by atoms with Crippen LogP contribution in [0.4, 0.5) is 4.39 Å². The Kier molecular flexibility index (Phi) is 4.43. The van der Waals surface area contributed by atoms with Gasteiger partial charge in [-0.3, -0.25) is 4.90 Å². The molecule has 0 bridgehead atoms. The van der Waals surface area contributed by atoms with Gasteiger partial charge in [-0.15, -0.1) is 0 Å². The summed E-state index contributed by atoms with van der Waals surface area (Å²) in [7, 11) is 3.53. The van der Waals surface area contributed by atoms with E-state index in [0.29, 0.717) is 23.8 Å². The molecule has 0 amide bonds. The zero-order chi connectivity index (χ0) is 15.5. The third-order valence-corrected chi connectivity index (χ3v) is 4.39. The third-order valence-electron chi connectivity index (χ3n) is 4.39. The molecule has 1 aromatic heterocycles. The number of benzene rings is 1. The Morgan fingerprint density at radius 2 is 2.27 bits per heavy atom. The highest BCUT2D eigenvalue weighted by Gasteiger charge is 2.24. The first-order valence-corrected chi connectivity index (χ1v) is 7.70. The zero-order valence-electron chi connectivity index (χ0n) is 13.1. The molecule has 3 rings (SSSR count). The van der Waals surface area contributed by atoms with Crippen molar-refractivity contribution in [2.45, 2.75) is 25.3 Å². The van der Waals surface area contributed by atoms with Crippen molar-refractivity contribution >= 4 is 0 Å². The van der Waals surface area contributed by atoms with Crippen molar-refractivity contribution < 1.29 is 9.13 Å². The quantitative estimate of drug-likeness (QED) is 0.870. The highest BCUT2D eigenvalue weighted by Crippen LogP contribution is 2.28. The van der Waals surface area contributed by atoms with Gasteiger partial charge in [-0.05, 0) is 25.5 Å². The van der Waals surface area contributed by atoms with E-state index < -0.39 is 0 Å². The Morgan fingerprint density at radius 3 is 3.00 bits per heavy atom. The predicted octanol–water partition coefficient (Wildman–Crippen LogP) is 2.95. The van der Waals surface area contributed by atoms with Crippen LogP contribution in [0.3, 0.4) is 0 Å².